The zero-order valence-electron chi connectivity index (χ0n) is 12.7. The number of rotatable bonds is 6. The van der Waals surface area contributed by atoms with Gasteiger partial charge in [-0.05, 0) is 58.9 Å². The predicted octanol–water partition coefficient (Wildman–Crippen LogP) is 4.93. The van der Waals surface area contributed by atoms with Crippen LogP contribution >= 0.6 is 15.9 Å². The molecule has 0 heterocycles. The Morgan fingerprint density at radius 1 is 1.32 bits per heavy atom. The Hall–Kier alpha value is -0.540. The first-order valence-corrected chi connectivity index (χ1v) is 7.76. The molecule has 0 amide bonds. The molecule has 1 aromatic rings. The van der Waals surface area contributed by atoms with Crippen molar-refractivity contribution in [3.8, 4) is 5.75 Å². The molecular formula is C16H26BrNO. The molecule has 1 unspecified atom stereocenters. The number of nitrogens with one attached hydrogen (secondary N) is 1. The minimum Gasteiger partial charge on any atom is -0.492 e. The van der Waals surface area contributed by atoms with Crippen molar-refractivity contribution in [1.82, 2.24) is 5.32 Å². The Morgan fingerprint density at radius 3 is 2.47 bits per heavy atom. The summed E-state index contributed by atoms with van der Waals surface area (Å²) < 4.78 is 6.72. The van der Waals surface area contributed by atoms with Gasteiger partial charge in [0.2, 0.25) is 0 Å². The average molecular weight is 328 g/mol. The third-order valence-electron chi connectivity index (χ3n) is 2.98. The van der Waals surface area contributed by atoms with Gasteiger partial charge in [0.15, 0.2) is 0 Å². The molecule has 0 fully saturated rings. The summed E-state index contributed by atoms with van der Waals surface area (Å²) in [5.41, 5.74) is 1.60. The summed E-state index contributed by atoms with van der Waals surface area (Å²) in [4.78, 5) is 0. The molecule has 1 rings (SSSR count). The van der Waals surface area contributed by atoms with Gasteiger partial charge in [-0.3, -0.25) is 0 Å². The van der Waals surface area contributed by atoms with Crippen molar-refractivity contribution in [3.05, 3.63) is 28.2 Å². The molecule has 108 valence electrons. The minimum absolute atomic E-state index is 0.303. The van der Waals surface area contributed by atoms with Crippen molar-refractivity contribution in [2.75, 3.05) is 13.7 Å². The number of benzene rings is 1. The molecule has 0 aromatic heterocycles. The van der Waals surface area contributed by atoms with Crippen LogP contribution in [0.5, 0.6) is 5.75 Å². The van der Waals surface area contributed by atoms with Crippen molar-refractivity contribution >= 4 is 15.9 Å². The normalized spacial score (nSPS) is 13.4. The van der Waals surface area contributed by atoms with Gasteiger partial charge in [0, 0.05) is 6.04 Å². The fourth-order valence-corrected chi connectivity index (χ4v) is 2.57. The monoisotopic (exact) mass is 327 g/mol. The van der Waals surface area contributed by atoms with Gasteiger partial charge in [0.25, 0.3) is 0 Å². The van der Waals surface area contributed by atoms with E-state index in [1.54, 1.807) is 0 Å². The van der Waals surface area contributed by atoms with Crippen LogP contribution in [-0.2, 0) is 0 Å². The molecule has 0 aliphatic heterocycles. The molecule has 0 spiro atoms. The molecular weight excluding hydrogens is 302 g/mol. The van der Waals surface area contributed by atoms with E-state index in [2.05, 4.69) is 67.1 Å². The highest BCUT2D eigenvalue weighted by Crippen LogP contribution is 2.33. The van der Waals surface area contributed by atoms with Crippen LogP contribution in [0.1, 0.15) is 52.1 Å². The predicted molar refractivity (Wildman–Crippen MR) is 85.8 cm³/mol. The van der Waals surface area contributed by atoms with Crippen LogP contribution in [0, 0.1) is 5.41 Å². The second-order valence-corrected chi connectivity index (χ2v) is 7.00. The molecule has 0 aliphatic rings. The van der Waals surface area contributed by atoms with E-state index >= 15 is 0 Å². The van der Waals surface area contributed by atoms with Gasteiger partial charge in [-0.15, -0.1) is 0 Å². The summed E-state index contributed by atoms with van der Waals surface area (Å²) in [5, 5.41) is 3.40. The van der Waals surface area contributed by atoms with E-state index in [-0.39, 0.29) is 0 Å². The molecule has 2 nitrogen and oxygen atoms in total. The highest BCUT2D eigenvalue weighted by atomic mass is 79.9. The fourth-order valence-electron chi connectivity index (χ4n) is 2.06. The van der Waals surface area contributed by atoms with E-state index in [0.717, 1.165) is 29.7 Å². The van der Waals surface area contributed by atoms with Crippen LogP contribution in [0.25, 0.3) is 0 Å². The quantitative estimate of drug-likeness (QED) is 0.799. The van der Waals surface area contributed by atoms with Gasteiger partial charge in [0.05, 0.1) is 11.1 Å². The summed E-state index contributed by atoms with van der Waals surface area (Å²) in [6.45, 7) is 9.68. The molecule has 19 heavy (non-hydrogen) atoms. The maximum absolute atomic E-state index is 5.69. The standard InChI is InChI=1S/C16H26BrNO/c1-6-9-19-15-8-7-12(10-13(15)17)14(18-5)11-16(2,3)4/h7-8,10,14,18H,6,9,11H2,1-5H3. The van der Waals surface area contributed by atoms with Gasteiger partial charge in [-0.2, -0.15) is 0 Å². The van der Waals surface area contributed by atoms with Crippen molar-refractivity contribution in [3.63, 3.8) is 0 Å². The highest BCUT2D eigenvalue weighted by Gasteiger charge is 2.19. The van der Waals surface area contributed by atoms with Crippen molar-refractivity contribution in [1.29, 1.82) is 0 Å². The summed E-state index contributed by atoms with van der Waals surface area (Å²) in [5.74, 6) is 0.927. The maximum Gasteiger partial charge on any atom is 0.133 e. The van der Waals surface area contributed by atoms with Gasteiger partial charge >= 0.3 is 0 Å². The van der Waals surface area contributed by atoms with Crippen molar-refractivity contribution < 1.29 is 4.74 Å². The van der Waals surface area contributed by atoms with Gasteiger partial charge in [-0.1, -0.05) is 33.8 Å². The first-order valence-electron chi connectivity index (χ1n) is 6.97. The summed E-state index contributed by atoms with van der Waals surface area (Å²) in [6, 6.07) is 6.75. The van der Waals surface area contributed by atoms with Crippen LogP contribution in [0.15, 0.2) is 22.7 Å². The lowest BCUT2D eigenvalue weighted by atomic mass is 9.85. The molecule has 3 heteroatoms. The second kappa shape index (κ2) is 7.30. The highest BCUT2D eigenvalue weighted by molar-refractivity contribution is 9.10. The minimum atomic E-state index is 0.303. The second-order valence-electron chi connectivity index (χ2n) is 6.14. The van der Waals surface area contributed by atoms with Crippen LogP contribution in [0.2, 0.25) is 0 Å². The van der Waals surface area contributed by atoms with Crippen molar-refractivity contribution in [2.45, 2.75) is 46.6 Å². The summed E-state index contributed by atoms with van der Waals surface area (Å²) >= 11 is 3.60. The third kappa shape index (κ3) is 5.53. The zero-order chi connectivity index (χ0) is 14.5. The van der Waals surface area contributed by atoms with E-state index in [9.17, 15) is 0 Å². The molecule has 1 N–H and O–H groups in total. The molecule has 0 aliphatic carbocycles. The van der Waals surface area contributed by atoms with Gasteiger partial charge in [-0.25, -0.2) is 0 Å². The lowest BCUT2D eigenvalue weighted by Crippen LogP contribution is -2.22. The first-order chi connectivity index (χ1) is 8.87. The van der Waals surface area contributed by atoms with Crippen LogP contribution in [0.4, 0.5) is 0 Å². The summed E-state index contributed by atoms with van der Waals surface area (Å²) in [7, 11) is 2.02. The number of hydrogen-bond acceptors (Lipinski definition) is 2. The van der Waals surface area contributed by atoms with Gasteiger partial charge < -0.3 is 10.1 Å². The Bertz CT molecular complexity index is 398. The molecule has 0 saturated heterocycles. The third-order valence-corrected chi connectivity index (χ3v) is 3.60. The number of halogens is 1. The Kier molecular flexibility index (Phi) is 6.34. The van der Waals surface area contributed by atoms with Crippen LogP contribution in [0.3, 0.4) is 0 Å². The molecule has 0 bridgehead atoms. The average Bonchev–Trinajstić information content (AvgIpc) is 2.33. The fraction of sp³-hybridized carbons (Fsp3) is 0.625. The van der Waals surface area contributed by atoms with E-state index < -0.39 is 0 Å². The SMILES string of the molecule is CCCOc1ccc(C(CC(C)(C)C)NC)cc1Br. The Morgan fingerprint density at radius 2 is 2.00 bits per heavy atom. The van der Waals surface area contributed by atoms with E-state index in [1.165, 1.54) is 5.56 Å². The van der Waals surface area contributed by atoms with E-state index in [0.29, 0.717) is 11.5 Å². The van der Waals surface area contributed by atoms with Crippen LogP contribution < -0.4 is 10.1 Å². The number of ether oxygens (including phenoxy) is 1. The lowest BCUT2D eigenvalue weighted by Gasteiger charge is -2.26. The molecule has 1 aromatic carbocycles. The largest absolute Gasteiger partial charge is 0.492 e. The van der Waals surface area contributed by atoms with Crippen molar-refractivity contribution in [2.24, 2.45) is 5.41 Å². The Labute approximate surface area is 126 Å². The van der Waals surface area contributed by atoms with E-state index in [1.807, 2.05) is 7.05 Å². The van der Waals surface area contributed by atoms with Crippen LogP contribution in [-0.4, -0.2) is 13.7 Å². The first kappa shape index (κ1) is 16.5. The smallest absolute Gasteiger partial charge is 0.133 e. The van der Waals surface area contributed by atoms with E-state index in [4.69, 9.17) is 4.74 Å². The number of hydrogen-bond donors (Lipinski definition) is 1. The van der Waals surface area contributed by atoms with Gasteiger partial charge in [0.1, 0.15) is 5.75 Å². The maximum atomic E-state index is 5.69. The molecule has 0 saturated carbocycles. The molecule has 0 radical (unpaired) electrons. The zero-order valence-corrected chi connectivity index (χ0v) is 14.3. The lowest BCUT2D eigenvalue weighted by molar-refractivity contribution is 0.313. The Balaban J connectivity index is 2.85. The topological polar surface area (TPSA) is 21.3 Å². The summed E-state index contributed by atoms with van der Waals surface area (Å²) in [6.07, 6.45) is 2.13. The molecule has 1 atom stereocenters.